The molecule has 1 aliphatic rings. The molecule has 0 spiro atoms. The highest BCUT2D eigenvalue weighted by Gasteiger charge is 2.38. The molecule has 148 valence electrons. The third-order valence-electron chi connectivity index (χ3n) is 5.14. The lowest BCUT2D eigenvalue weighted by Crippen LogP contribution is -2.27. The fourth-order valence-corrected chi connectivity index (χ4v) is 3.54. The standard InChI is InChI=1S/C21H33FO4/c1-3-4-7-11-19(23)18(22)14-17-15(2)13-20(24)16(17)10-8-5-6-9-12-21(25)26/h5,8,16-19,23H,2-4,6-7,9-14H2,1H3,(H,25,26)/t16-,17+,18?,19+/m1/s1. The van der Waals surface area contributed by atoms with Crippen LogP contribution in [0.25, 0.3) is 0 Å². The second-order valence-corrected chi connectivity index (χ2v) is 7.32. The second-order valence-electron chi connectivity index (χ2n) is 7.32. The normalized spacial score (nSPS) is 22.9. The van der Waals surface area contributed by atoms with Crippen molar-refractivity contribution in [2.45, 2.75) is 83.4 Å². The highest BCUT2D eigenvalue weighted by atomic mass is 19.1. The molecule has 1 saturated carbocycles. The summed E-state index contributed by atoms with van der Waals surface area (Å²) in [7, 11) is 0. The van der Waals surface area contributed by atoms with Gasteiger partial charge in [-0.25, -0.2) is 4.39 Å². The van der Waals surface area contributed by atoms with E-state index >= 15 is 0 Å². The molecule has 4 nitrogen and oxygen atoms in total. The van der Waals surface area contributed by atoms with Gasteiger partial charge in [0, 0.05) is 18.8 Å². The maximum absolute atomic E-state index is 14.4. The molecule has 0 aliphatic heterocycles. The summed E-state index contributed by atoms with van der Waals surface area (Å²) >= 11 is 0. The number of aliphatic carboxylic acids is 1. The topological polar surface area (TPSA) is 74.6 Å². The molecule has 2 N–H and O–H groups in total. The van der Waals surface area contributed by atoms with Crippen molar-refractivity contribution in [2.75, 3.05) is 0 Å². The Kier molecular flexibility index (Phi) is 10.4. The molecular weight excluding hydrogens is 335 g/mol. The van der Waals surface area contributed by atoms with Crippen LogP contribution < -0.4 is 0 Å². The quantitative estimate of drug-likeness (QED) is 0.367. The molecule has 0 heterocycles. The fourth-order valence-electron chi connectivity index (χ4n) is 3.54. The number of Topliss-reactive ketones (excluding diaryl/α,β-unsaturated/α-hetero) is 1. The average molecular weight is 368 g/mol. The van der Waals surface area contributed by atoms with Gasteiger partial charge in [0.25, 0.3) is 0 Å². The Balaban J connectivity index is 2.50. The Hall–Kier alpha value is -1.49. The van der Waals surface area contributed by atoms with Gasteiger partial charge in [0.05, 0.1) is 6.10 Å². The van der Waals surface area contributed by atoms with E-state index in [2.05, 4.69) is 13.5 Å². The summed E-state index contributed by atoms with van der Waals surface area (Å²) in [4.78, 5) is 22.7. The summed E-state index contributed by atoms with van der Waals surface area (Å²) in [6, 6.07) is 0. The van der Waals surface area contributed by atoms with Crippen LogP contribution in [-0.2, 0) is 9.59 Å². The molecule has 1 aliphatic carbocycles. The van der Waals surface area contributed by atoms with E-state index in [4.69, 9.17) is 5.11 Å². The predicted octanol–water partition coefficient (Wildman–Crippen LogP) is 4.62. The van der Waals surface area contributed by atoms with E-state index in [1.165, 1.54) is 0 Å². The fraction of sp³-hybridized carbons (Fsp3) is 0.714. The minimum atomic E-state index is -1.33. The Morgan fingerprint density at radius 1 is 1.31 bits per heavy atom. The summed E-state index contributed by atoms with van der Waals surface area (Å²) < 4.78 is 14.4. The number of hydrogen-bond donors (Lipinski definition) is 2. The molecule has 0 radical (unpaired) electrons. The first kappa shape index (κ1) is 22.6. The number of carboxylic acid groups (broad SMARTS) is 1. The smallest absolute Gasteiger partial charge is 0.303 e. The Morgan fingerprint density at radius 2 is 2.04 bits per heavy atom. The lowest BCUT2D eigenvalue weighted by atomic mass is 9.85. The summed E-state index contributed by atoms with van der Waals surface area (Å²) in [5.74, 6) is -1.23. The zero-order valence-electron chi connectivity index (χ0n) is 15.8. The minimum absolute atomic E-state index is 0.0860. The van der Waals surface area contributed by atoms with Crippen LogP contribution >= 0.6 is 0 Å². The highest BCUT2D eigenvalue weighted by Crippen LogP contribution is 2.39. The molecule has 0 aromatic carbocycles. The van der Waals surface area contributed by atoms with E-state index in [1.807, 2.05) is 12.2 Å². The number of unbranched alkanes of at least 4 members (excludes halogenated alkanes) is 3. The third-order valence-corrected chi connectivity index (χ3v) is 5.14. The number of carboxylic acids is 1. The summed E-state index contributed by atoms with van der Waals surface area (Å²) in [6.45, 7) is 6.01. The molecule has 1 unspecified atom stereocenters. The van der Waals surface area contributed by atoms with Crippen molar-refractivity contribution < 1.29 is 24.2 Å². The van der Waals surface area contributed by atoms with Gasteiger partial charge in [-0.15, -0.1) is 0 Å². The van der Waals surface area contributed by atoms with Crippen molar-refractivity contribution in [1.82, 2.24) is 0 Å². The van der Waals surface area contributed by atoms with E-state index in [0.717, 1.165) is 24.8 Å². The number of halogens is 1. The number of aliphatic hydroxyl groups excluding tert-OH is 1. The third kappa shape index (κ3) is 7.81. The average Bonchev–Trinajstić information content (AvgIpc) is 2.84. The van der Waals surface area contributed by atoms with Gasteiger partial charge in [0.1, 0.15) is 12.0 Å². The van der Waals surface area contributed by atoms with E-state index in [1.54, 1.807) is 0 Å². The molecule has 0 aromatic rings. The lowest BCUT2D eigenvalue weighted by molar-refractivity contribution is -0.137. The molecule has 0 bridgehead atoms. The molecule has 26 heavy (non-hydrogen) atoms. The van der Waals surface area contributed by atoms with E-state index in [0.29, 0.717) is 32.1 Å². The largest absolute Gasteiger partial charge is 0.481 e. The predicted molar refractivity (Wildman–Crippen MR) is 101 cm³/mol. The van der Waals surface area contributed by atoms with Crippen LogP contribution in [-0.4, -0.2) is 34.2 Å². The Bertz CT molecular complexity index is 500. The van der Waals surface area contributed by atoms with Gasteiger partial charge in [-0.3, -0.25) is 9.59 Å². The van der Waals surface area contributed by atoms with Crippen molar-refractivity contribution >= 4 is 11.8 Å². The monoisotopic (exact) mass is 368 g/mol. The first-order chi connectivity index (χ1) is 12.4. The van der Waals surface area contributed by atoms with Gasteiger partial charge in [-0.05, 0) is 38.0 Å². The van der Waals surface area contributed by atoms with Crippen LogP contribution in [0, 0.1) is 11.8 Å². The number of aliphatic hydroxyl groups is 1. The first-order valence-corrected chi connectivity index (χ1v) is 9.76. The first-order valence-electron chi connectivity index (χ1n) is 9.76. The second kappa shape index (κ2) is 12.0. The van der Waals surface area contributed by atoms with E-state index < -0.39 is 18.2 Å². The minimum Gasteiger partial charge on any atom is -0.481 e. The number of alkyl halides is 1. The zero-order valence-corrected chi connectivity index (χ0v) is 15.8. The van der Waals surface area contributed by atoms with Crippen molar-refractivity contribution in [3.05, 3.63) is 24.3 Å². The van der Waals surface area contributed by atoms with Crippen molar-refractivity contribution in [3.8, 4) is 0 Å². The molecular formula is C21H33FO4. The van der Waals surface area contributed by atoms with Crippen LogP contribution in [0.4, 0.5) is 4.39 Å². The van der Waals surface area contributed by atoms with Gasteiger partial charge >= 0.3 is 5.97 Å². The Morgan fingerprint density at radius 3 is 2.69 bits per heavy atom. The SMILES string of the molecule is C=C1CC(=O)[C@H](CC=CCCCC(=O)O)[C@H]1CC(F)[C@@H](O)CCCCC. The van der Waals surface area contributed by atoms with Crippen LogP contribution in [0.5, 0.6) is 0 Å². The summed E-state index contributed by atoms with van der Waals surface area (Å²) in [5, 5.41) is 18.6. The van der Waals surface area contributed by atoms with E-state index in [-0.39, 0.29) is 30.5 Å². The zero-order chi connectivity index (χ0) is 19.5. The van der Waals surface area contributed by atoms with Crippen molar-refractivity contribution in [2.24, 2.45) is 11.8 Å². The van der Waals surface area contributed by atoms with Gasteiger partial charge < -0.3 is 10.2 Å². The number of carbonyl (C=O) groups is 2. The van der Waals surface area contributed by atoms with Crippen LogP contribution in [0.2, 0.25) is 0 Å². The van der Waals surface area contributed by atoms with Gasteiger partial charge in [-0.1, -0.05) is 50.5 Å². The number of ketones is 1. The van der Waals surface area contributed by atoms with Crippen LogP contribution in [0.15, 0.2) is 24.3 Å². The van der Waals surface area contributed by atoms with Crippen molar-refractivity contribution in [1.29, 1.82) is 0 Å². The highest BCUT2D eigenvalue weighted by molar-refractivity contribution is 5.87. The molecule has 4 atom stereocenters. The van der Waals surface area contributed by atoms with Crippen molar-refractivity contribution in [3.63, 3.8) is 0 Å². The maximum Gasteiger partial charge on any atom is 0.303 e. The number of rotatable bonds is 13. The summed E-state index contributed by atoms with van der Waals surface area (Å²) in [6.07, 6.45) is 7.06. The Labute approximate surface area is 156 Å². The van der Waals surface area contributed by atoms with Gasteiger partial charge in [-0.2, -0.15) is 0 Å². The molecule has 0 saturated heterocycles. The molecule has 5 heteroatoms. The van der Waals surface area contributed by atoms with Crippen LogP contribution in [0.3, 0.4) is 0 Å². The van der Waals surface area contributed by atoms with Gasteiger partial charge in [0.2, 0.25) is 0 Å². The van der Waals surface area contributed by atoms with E-state index in [9.17, 15) is 19.1 Å². The number of carbonyl (C=O) groups excluding carboxylic acids is 1. The number of allylic oxidation sites excluding steroid dienone is 3. The van der Waals surface area contributed by atoms with Crippen LogP contribution in [0.1, 0.15) is 71.1 Å². The van der Waals surface area contributed by atoms with Gasteiger partial charge in [0.15, 0.2) is 0 Å². The lowest BCUT2D eigenvalue weighted by Gasteiger charge is -2.23. The molecule has 0 amide bonds. The molecule has 0 aromatic heterocycles. The molecule has 1 rings (SSSR count). The number of hydrogen-bond acceptors (Lipinski definition) is 3. The maximum atomic E-state index is 14.4. The summed E-state index contributed by atoms with van der Waals surface area (Å²) in [5.41, 5.74) is 0.766. The molecule has 1 fully saturated rings.